The highest BCUT2D eigenvalue weighted by molar-refractivity contribution is 5.82. The van der Waals surface area contributed by atoms with E-state index in [1.54, 1.807) is 6.07 Å². The first-order valence-electron chi connectivity index (χ1n) is 5.50. The van der Waals surface area contributed by atoms with Crippen LogP contribution < -0.4 is 4.57 Å². The average molecular weight is 216 g/mol. The molecule has 2 N–H and O–H groups in total. The first-order valence-corrected chi connectivity index (χ1v) is 5.50. The Balaban J connectivity index is 2.53. The van der Waals surface area contributed by atoms with Crippen LogP contribution in [0.5, 0.6) is 11.6 Å². The van der Waals surface area contributed by atoms with Gasteiger partial charge in [-0.25, -0.2) is 0 Å². The number of pyridine rings is 1. The standard InChI is InChI=1S/C13H13NO2/c1-7-8(2)14-12-9(4-3-5-10(7)12)6-11(15)13(14)16/h3-8,15H,1-2H3/p+1. The van der Waals surface area contributed by atoms with Gasteiger partial charge in [-0.3, -0.25) is 0 Å². The maximum atomic E-state index is 9.93. The van der Waals surface area contributed by atoms with Gasteiger partial charge >= 0.3 is 5.88 Å². The van der Waals surface area contributed by atoms with Crippen LogP contribution in [-0.4, -0.2) is 10.2 Å². The molecule has 1 aliphatic rings. The van der Waals surface area contributed by atoms with E-state index < -0.39 is 0 Å². The molecular formula is C13H14NO2+. The third-order valence-corrected chi connectivity index (χ3v) is 3.71. The molecule has 82 valence electrons. The minimum atomic E-state index is -0.0504. The summed E-state index contributed by atoms with van der Waals surface area (Å²) in [5, 5.41) is 20.6. The van der Waals surface area contributed by atoms with Crippen LogP contribution in [0, 0.1) is 0 Å². The fraction of sp³-hybridized carbons (Fsp3) is 0.308. The van der Waals surface area contributed by atoms with Crippen molar-refractivity contribution in [3.63, 3.8) is 0 Å². The Hall–Kier alpha value is -1.77. The minimum absolute atomic E-state index is 0.0307. The molecule has 3 heteroatoms. The number of aromatic nitrogens is 1. The van der Waals surface area contributed by atoms with Gasteiger partial charge in [-0.15, -0.1) is 0 Å². The van der Waals surface area contributed by atoms with Crippen LogP contribution in [0.2, 0.25) is 0 Å². The molecule has 0 amide bonds. The molecule has 0 fully saturated rings. The van der Waals surface area contributed by atoms with Crippen LogP contribution in [0.3, 0.4) is 0 Å². The van der Waals surface area contributed by atoms with Gasteiger partial charge < -0.3 is 10.2 Å². The molecule has 3 rings (SSSR count). The Bertz CT molecular complexity index is 592. The van der Waals surface area contributed by atoms with Crippen LogP contribution in [-0.2, 0) is 0 Å². The summed E-state index contributed by atoms with van der Waals surface area (Å²) in [5.41, 5.74) is 2.28. The second-order valence-electron chi connectivity index (χ2n) is 4.54. The maximum Gasteiger partial charge on any atom is 0.409 e. The van der Waals surface area contributed by atoms with Crippen molar-refractivity contribution in [1.29, 1.82) is 0 Å². The van der Waals surface area contributed by atoms with Crippen molar-refractivity contribution in [2.24, 2.45) is 0 Å². The molecule has 0 saturated heterocycles. The molecule has 3 nitrogen and oxygen atoms in total. The van der Waals surface area contributed by atoms with Crippen LogP contribution in [0.15, 0.2) is 24.3 Å². The zero-order valence-electron chi connectivity index (χ0n) is 9.31. The summed E-state index contributed by atoms with van der Waals surface area (Å²) >= 11 is 0. The van der Waals surface area contributed by atoms with Gasteiger partial charge in [0.2, 0.25) is 11.3 Å². The van der Waals surface area contributed by atoms with Crippen molar-refractivity contribution in [1.82, 2.24) is 0 Å². The Kier molecular flexibility index (Phi) is 1.70. The summed E-state index contributed by atoms with van der Waals surface area (Å²) < 4.78 is 1.82. The van der Waals surface area contributed by atoms with E-state index in [4.69, 9.17) is 0 Å². The van der Waals surface area contributed by atoms with E-state index in [0.717, 1.165) is 10.9 Å². The maximum absolute atomic E-state index is 9.93. The number of nitrogens with zero attached hydrogens (tertiary/aromatic N) is 1. The highest BCUT2D eigenvalue weighted by atomic mass is 16.3. The highest BCUT2D eigenvalue weighted by Crippen LogP contribution is 2.39. The van der Waals surface area contributed by atoms with Crippen molar-refractivity contribution in [2.75, 3.05) is 0 Å². The molecule has 1 aliphatic heterocycles. The first-order chi connectivity index (χ1) is 7.61. The Morgan fingerprint density at radius 1 is 1.19 bits per heavy atom. The molecule has 2 aromatic rings. The monoisotopic (exact) mass is 216 g/mol. The molecule has 0 radical (unpaired) electrons. The van der Waals surface area contributed by atoms with E-state index in [2.05, 4.69) is 19.9 Å². The predicted octanol–water partition coefficient (Wildman–Crippen LogP) is 2.22. The third kappa shape index (κ3) is 0.953. The SMILES string of the molecule is CC1c2cccc3cc(O)c(O)[n+](c23)C1C. The van der Waals surface area contributed by atoms with Crippen LogP contribution >= 0.6 is 0 Å². The van der Waals surface area contributed by atoms with E-state index in [1.807, 2.05) is 16.7 Å². The number of hydrogen-bond donors (Lipinski definition) is 2. The normalized spacial score (nSPS) is 22.9. The Labute approximate surface area is 93.6 Å². The molecule has 0 aliphatic carbocycles. The molecule has 16 heavy (non-hydrogen) atoms. The molecule has 2 atom stereocenters. The average Bonchev–Trinajstić information content (AvgIpc) is 2.52. The fourth-order valence-electron chi connectivity index (χ4n) is 2.66. The summed E-state index contributed by atoms with van der Waals surface area (Å²) in [5.74, 6) is 0.277. The van der Waals surface area contributed by atoms with Gasteiger partial charge in [0.05, 0.1) is 5.39 Å². The zero-order valence-corrected chi connectivity index (χ0v) is 9.31. The largest absolute Gasteiger partial charge is 0.500 e. The van der Waals surface area contributed by atoms with E-state index in [1.165, 1.54) is 5.56 Å². The summed E-state index contributed by atoms with van der Waals surface area (Å²) in [7, 11) is 0. The van der Waals surface area contributed by atoms with Crippen molar-refractivity contribution < 1.29 is 14.8 Å². The van der Waals surface area contributed by atoms with Gasteiger partial charge in [0.15, 0.2) is 6.04 Å². The van der Waals surface area contributed by atoms with Gasteiger partial charge in [-0.2, -0.15) is 4.57 Å². The molecule has 0 spiro atoms. The molecule has 0 saturated carbocycles. The number of benzene rings is 1. The summed E-state index contributed by atoms with van der Waals surface area (Å²) in [4.78, 5) is 0. The number of aromatic hydroxyl groups is 2. The first kappa shape index (κ1) is 9.46. The lowest BCUT2D eigenvalue weighted by Gasteiger charge is -2.06. The van der Waals surface area contributed by atoms with Gasteiger partial charge in [0, 0.05) is 17.5 Å². The van der Waals surface area contributed by atoms with Crippen LogP contribution in [0.25, 0.3) is 10.9 Å². The van der Waals surface area contributed by atoms with E-state index in [0.29, 0.717) is 5.92 Å². The topological polar surface area (TPSA) is 44.3 Å². The zero-order chi connectivity index (χ0) is 11.4. The van der Waals surface area contributed by atoms with Crippen LogP contribution in [0.4, 0.5) is 0 Å². The second-order valence-corrected chi connectivity index (χ2v) is 4.54. The van der Waals surface area contributed by atoms with Gasteiger partial charge in [0.1, 0.15) is 0 Å². The lowest BCUT2D eigenvalue weighted by molar-refractivity contribution is -0.696. The highest BCUT2D eigenvalue weighted by Gasteiger charge is 2.39. The van der Waals surface area contributed by atoms with E-state index in [9.17, 15) is 10.2 Å². The van der Waals surface area contributed by atoms with Gasteiger partial charge in [-0.1, -0.05) is 19.1 Å². The molecule has 0 bridgehead atoms. The smallest absolute Gasteiger partial charge is 0.409 e. The van der Waals surface area contributed by atoms with E-state index >= 15 is 0 Å². The summed E-state index contributed by atoms with van der Waals surface area (Å²) in [6.45, 7) is 4.20. The Morgan fingerprint density at radius 2 is 1.94 bits per heavy atom. The quantitative estimate of drug-likeness (QED) is 0.663. The number of hydrogen-bond acceptors (Lipinski definition) is 2. The van der Waals surface area contributed by atoms with Crippen molar-refractivity contribution >= 4 is 10.9 Å². The number of para-hydroxylation sites is 1. The molecular weight excluding hydrogens is 202 g/mol. The molecule has 2 heterocycles. The molecule has 1 aromatic carbocycles. The number of rotatable bonds is 0. The third-order valence-electron chi connectivity index (χ3n) is 3.71. The lowest BCUT2D eigenvalue weighted by atomic mass is 9.97. The molecule has 1 aromatic heterocycles. The fourth-order valence-corrected chi connectivity index (χ4v) is 2.66. The van der Waals surface area contributed by atoms with Crippen molar-refractivity contribution in [3.05, 3.63) is 29.8 Å². The lowest BCUT2D eigenvalue weighted by Crippen LogP contribution is -2.36. The summed E-state index contributed by atoms with van der Waals surface area (Å²) in [6, 6.07) is 7.83. The van der Waals surface area contributed by atoms with Crippen molar-refractivity contribution in [3.8, 4) is 11.6 Å². The van der Waals surface area contributed by atoms with Crippen LogP contribution in [0.1, 0.15) is 31.4 Å². The van der Waals surface area contributed by atoms with Crippen molar-refractivity contribution in [2.45, 2.75) is 25.8 Å². The van der Waals surface area contributed by atoms with E-state index in [-0.39, 0.29) is 17.7 Å². The second kappa shape index (κ2) is 2.88. The predicted molar refractivity (Wildman–Crippen MR) is 60.6 cm³/mol. The van der Waals surface area contributed by atoms with Gasteiger partial charge in [-0.05, 0) is 13.0 Å². The summed E-state index contributed by atoms with van der Waals surface area (Å²) in [6.07, 6.45) is 0. The molecule has 2 unspecified atom stereocenters. The Morgan fingerprint density at radius 3 is 2.69 bits per heavy atom. The van der Waals surface area contributed by atoms with Gasteiger partial charge in [0.25, 0.3) is 0 Å². The minimum Gasteiger partial charge on any atom is -0.500 e.